The number of nitrogens with zero attached hydrogens (tertiary/aromatic N) is 4. The number of hydrogen-bond acceptors (Lipinski definition) is 4. The molecule has 0 unspecified atom stereocenters. The SMILES string of the molecule is CCN1CC(n2nnc3cc(C(=O)O)c(Cl)cc32)C1. The van der Waals surface area contributed by atoms with Crippen LogP contribution in [-0.2, 0) is 0 Å². The largest absolute Gasteiger partial charge is 0.478 e. The number of fused-ring (bicyclic) bond motifs is 1. The van der Waals surface area contributed by atoms with Crippen molar-refractivity contribution in [3.8, 4) is 0 Å². The number of likely N-dealkylation sites (N-methyl/N-ethyl adjacent to an activating group) is 1. The molecule has 6 nitrogen and oxygen atoms in total. The van der Waals surface area contributed by atoms with E-state index in [0.717, 1.165) is 25.2 Å². The Morgan fingerprint density at radius 2 is 2.26 bits per heavy atom. The number of aromatic carboxylic acids is 1. The predicted molar refractivity (Wildman–Crippen MR) is 70.6 cm³/mol. The van der Waals surface area contributed by atoms with E-state index in [1.165, 1.54) is 6.07 Å². The molecule has 7 heteroatoms. The van der Waals surface area contributed by atoms with Gasteiger partial charge >= 0.3 is 5.97 Å². The van der Waals surface area contributed by atoms with Gasteiger partial charge in [-0.3, -0.25) is 4.90 Å². The number of hydrogen-bond donors (Lipinski definition) is 1. The van der Waals surface area contributed by atoms with Crippen molar-refractivity contribution in [2.45, 2.75) is 13.0 Å². The highest BCUT2D eigenvalue weighted by molar-refractivity contribution is 6.34. The molecule has 1 saturated heterocycles. The Kier molecular flexibility index (Phi) is 2.91. The lowest BCUT2D eigenvalue weighted by Crippen LogP contribution is -2.47. The molecule has 0 aliphatic carbocycles. The quantitative estimate of drug-likeness (QED) is 0.926. The highest BCUT2D eigenvalue weighted by atomic mass is 35.5. The van der Waals surface area contributed by atoms with Crippen molar-refractivity contribution in [1.29, 1.82) is 0 Å². The average molecular weight is 281 g/mol. The average Bonchev–Trinajstić information content (AvgIpc) is 2.70. The molecule has 0 amide bonds. The molecule has 0 saturated carbocycles. The number of aromatic nitrogens is 3. The molecule has 19 heavy (non-hydrogen) atoms. The molecule has 1 fully saturated rings. The summed E-state index contributed by atoms with van der Waals surface area (Å²) in [6.45, 7) is 5.01. The van der Waals surface area contributed by atoms with Crippen LogP contribution in [0.25, 0.3) is 11.0 Å². The smallest absolute Gasteiger partial charge is 0.337 e. The molecular weight excluding hydrogens is 268 g/mol. The fraction of sp³-hybridized carbons (Fsp3) is 0.417. The van der Waals surface area contributed by atoms with Crippen LogP contribution in [0.15, 0.2) is 12.1 Å². The minimum Gasteiger partial charge on any atom is -0.478 e. The summed E-state index contributed by atoms with van der Waals surface area (Å²) in [4.78, 5) is 13.3. The molecule has 0 atom stereocenters. The Hall–Kier alpha value is -1.66. The van der Waals surface area contributed by atoms with E-state index in [9.17, 15) is 4.79 Å². The molecule has 1 aromatic carbocycles. The van der Waals surface area contributed by atoms with Gasteiger partial charge in [0.05, 0.1) is 22.1 Å². The highest BCUT2D eigenvalue weighted by Gasteiger charge is 2.29. The third-order valence-electron chi connectivity index (χ3n) is 3.52. The summed E-state index contributed by atoms with van der Waals surface area (Å²) >= 11 is 5.99. The van der Waals surface area contributed by atoms with Crippen LogP contribution in [0, 0.1) is 0 Å². The Bertz CT molecular complexity index is 648. The number of halogens is 1. The maximum absolute atomic E-state index is 11.0. The first kappa shape index (κ1) is 12.4. The Morgan fingerprint density at radius 1 is 1.53 bits per heavy atom. The van der Waals surface area contributed by atoms with Crippen LogP contribution in [0.4, 0.5) is 0 Å². The van der Waals surface area contributed by atoms with Gasteiger partial charge in [0, 0.05) is 13.1 Å². The van der Waals surface area contributed by atoms with Gasteiger partial charge in [-0.05, 0) is 18.7 Å². The van der Waals surface area contributed by atoms with E-state index < -0.39 is 5.97 Å². The number of likely N-dealkylation sites (tertiary alicyclic amines) is 1. The van der Waals surface area contributed by atoms with Crippen LogP contribution in [0.1, 0.15) is 23.3 Å². The summed E-state index contributed by atoms with van der Waals surface area (Å²) < 4.78 is 1.83. The number of rotatable bonds is 3. The molecule has 1 aliphatic rings. The van der Waals surface area contributed by atoms with Crippen LogP contribution in [0.3, 0.4) is 0 Å². The molecule has 0 bridgehead atoms. The third kappa shape index (κ3) is 1.97. The molecule has 0 radical (unpaired) electrons. The van der Waals surface area contributed by atoms with Crippen molar-refractivity contribution in [2.24, 2.45) is 0 Å². The van der Waals surface area contributed by atoms with E-state index in [0.29, 0.717) is 5.52 Å². The van der Waals surface area contributed by atoms with Gasteiger partial charge in [-0.25, -0.2) is 9.48 Å². The summed E-state index contributed by atoms with van der Waals surface area (Å²) in [5.74, 6) is -1.05. The normalized spacial score (nSPS) is 16.7. The highest BCUT2D eigenvalue weighted by Crippen LogP contribution is 2.27. The standard InChI is InChI=1S/C12H13ClN4O2/c1-2-16-5-7(6-16)17-11-4-9(13)8(12(18)19)3-10(11)14-15-17/h3-4,7H,2,5-6H2,1H3,(H,18,19). The molecular formula is C12H13ClN4O2. The van der Waals surface area contributed by atoms with Gasteiger partial charge in [-0.15, -0.1) is 5.10 Å². The van der Waals surface area contributed by atoms with Crippen LogP contribution >= 0.6 is 11.6 Å². The lowest BCUT2D eigenvalue weighted by atomic mass is 10.1. The van der Waals surface area contributed by atoms with Crippen molar-refractivity contribution in [2.75, 3.05) is 19.6 Å². The van der Waals surface area contributed by atoms with Gasteiger partial charge in [0.2, 0.25) is 0 Å². The lowest BCUT2D eigenvalue weighted by molar-refractivity contribution is 0.0697. The number of benzene rings is 1. The van der Waals surface area contributed by atoms with E-state index >= 15 is 0 Å². The fourth-order valence-corrected chi connectivity index (χ4v) is 2.59. The summed E-state index contributed by atoms with van der Waals surface area (Å²) in [6.07, 6.45) is 0. The molecule has 0 spiro atoms. The molecule has 100 valence electrons. The second-order valence-electron chi connectivity index (χ2n) is 4.67. The molecule has 3 rings (SSSR count). The van der Waals surface area contributed by atoms with Crippen molar-refractivity contribution >= 4 is 28.6 Å². The number of carbonyl (C=O) groups is 1. The summed E-state index contributed by atoms with van der Waals surface area (Å²) in [5, 5.41) is 17.4. The van der Waals surface area contributed by atoms with Crippen LogP contribution in [0.2, 0.25) is 5.02 Å². The van der Waals surface area contributed by atoms with Gasteiger partial charge in [0.15, 0.2) is 0 Å². The Balaban J connectivity index is 2.00. The second kappa shape index (κ2) is 4.47. The van der Waals surface area contributed by atoms with Crippen molar-refractivity contribution in [1.82, 2.24) is 19.9 Å². The molecule has 1 aromatic heterocycles. The summed E-state index contributed by atoms with van der Waals surface area (Å²) in [5.41, 5.74) is 1.41. The fourth-order valence-electron chi connectivity index (χ4n) is 2.35. The van der Waals surface area contributed by atoms with Gasteiger partial charge < -0.3 is 5.11 Å². The molecule has 2 heterocycles. The Labute approximate surface area is 114 Å². The predicted octanol–water partition coefficient (Wildman–Crippen LogP) is 1.66. The van der Waals surface area contributed by atoms with Crippen LogP contribution in [-0.4, -0.2) is 50.6 Å². The van der Waals surface area contributed by atoms with E-state index in [1.54, 1.807) is 6.07 Å². The van der Waals surface area contributed by atoms with E-state index in [1.807, 2.05) is 4.68 Å². The maximum atomic E-state index is 11.0. The molecule has 2 aromatic rings. The van der Waals surface area contributed by atoms with E-state index in [4.69, 9.17) is 16.7 Å². The zero-order valence-electron chi connectivity index (χ0n) is 10.4. The zero-order chi connectivity index (χ0) is 13.6. The summed E-state index contributed by atoms with van der Waals surface area (Å²) in [7, 11) is 0. The second-order valence-corrected chi connectivity index (χ2v) is 5.07. The zero-order valence-corrected chi connectivity index (χ0v) is 11.1. The first-order chi connectivity index (χ1) is 9.10. The van der Waals surface area contributed by atoms with Crippen molar-refractivity contribution < 1.29 is 9.90 Å². The lowest BCUT2D eigenvalue weighted by Gasteiger charge is -2.38. The van der Waals surface area contributed by atoms with Crippen molar-refractivity contribution in [3.63, 3.8) is 0 Å². The van der Waals surface area contributed by atoms with Gasteiger partial charge in [-0.2, -0.15) is 0 Å². The third-order valence-corrected chi connectivity index (χ3v) is 3.83. The van der Waals surface area contributed by atoms with Gasteiger partial charge in [-0.1, -0.05) is 23.7 Å². The maximum Gasteiger partial charge on any atom is 0.337 e. The molecule has 1 aliphatic heterocycles. The van der Waals surface area contributed by atoms with Crippen molar-refractivity contribution in [3.05, 3.63) is 22.7 Å². The number of carboxylic acid groups (broad SMARTS) is 1. The number of carboxylic acids is 1. The monoisotopic (exact) mass is 280 g/mol. The van der Waals surface area contributed by atoms with E-state index in [2.05, 4.69) is 22.1 Å². The molecule has 1 N–H and O–H groups in total. The topological polar surface area (TPSA) is 71.2 Å². The minimum absolute atomic E-state index is 0.0602. The van der Waals surface area contributed by atoms with Gasteiger partial charge in [0.25, 0.3) is 0 Å². The van der Waals surface area contributed by atoms with Crippen LogP contribution in [0.5, 0.6) is 0 Å². The van der Waals surface area contributed by atoms with E-state index in [-0.39, 0.29) is 16.6 Å². The van der Waals surface area contributed by atoms with Crippen LogP contribution < -0.4 is 0 Å². The minimum atomic E-state index is -1.05. The first-order valence-electron chi connectivity index (χ1n) is 6.10. The Morgan fingerprint density at radius 3 is 2.89 bits per heavy atom. The first-order valence-corrected chi connectivity index (χ1v) is 6.48. The summed E-state index contributed by atoms with van der Waals surface area (Å²) in [6, 6.07) is 3.39. The van der Waals surface area contributed by atoms with Gasteiger partial charge in [0.1, 0.15) is 5.52 Å².